The average Bonchev–Trinajstić information content (AvgIpc) is 3.15. The molecule has 2 aromatic carbocycles. The number of benzene rings is 2. The first kappa shape index (κ1) is 23.2. The first-order valence-electron chi connectivity index (χ1n) is 11.0. The molecular formula is C24H26FN5O4. The third-order valence-corrected chi connectivity index (χ3v) is 5.97. The largest absolute Gasteiger partial charge is 0.430 e. The average molecular weight is 468 g/mol. The topological polar surface area (TPSA) is 131 Å². The highest BCUT2D eigenvalue weighted by Gasteiger charge is 2.56. The molecule has 0 aliphatic carbocycles. The van der Waals surface area contributed by atoms with Gasteiger partial charge in [0, 0.05) is 19.5 Å². The van der Waals surface area contributed by atoms with Crippen LogP contribution in [0.15, 0.2) is 59.6 Å². The summed E-state index contributed by atoms with van der Waals surface area (Å²) >= 11 is 0. The minimum atomic E-state index is -1.32. The molecular weight excluding hydrogens is 441 g/mol. The smallest absolute Gasteiger partial charge is 0.331 e. The van der Waals surface area contributed by atoms with Crippen LogP contribution in [0.3, 0.4) is 0 Å². The predicted octanol–water partition coefficient (Wildman–Crippen LogP) is 0.913. The van der Waals surface area contributed by atoms with E-state index in [-0.39, 0.29) is 37.8 Å². The summed E-state index contributed by atoms with van der Waals surface area (Å²) in [5.41, 5.74) is 12.2. The van der Waals surface area contributed by atoms with Gasteiger partial charge in [-0.05, 0) is 36.1 Å². The number of esters is 1. The molecule has 0 saturated carbocycles. The van der Waals surface area contributed by atoms with Gasteiger partial charge in [-0.2, -0.15) is 0 Å². The highest BCUT2D eigenvalue weighted by atomic mass is 19.1. The van der Waals surface area contributed by atoms with Gasteiger partial charge in [0.05, 0.1) is 0 Å². The Bertz CT molecular complexity index is 1090. The van der Waals surface area contributed by atoms with E-state index in [1.165, 1.54) is 21.9 Å². The van der Waals surface area contributed by atoms with E-state index in [1.807, 2.05) is 30.3 Å². The monoisotopic (exact) mass is 467 g/mol. The van der Waals surface area contributed by atoms with Crippen molar-refractivity contribution in [2.45, 2.75) is 44.1 Å². The zero-order valence-electron chi connectivity index (χ0n) is 18.5. The van der Waals surface area contributed by atoms with Gasteiger partial charge in [-0.25, -0.2) is 9.18 Å². The lowest BCUT2D eigenvalue weighted by Crippen LogP contribution is -2.64. The van der Waals surface area contributed by atoms with Crippen molar-refractivity contribution in [1.82, 2.24) is 9.80 Å². The molecule has 2 saturated heterocycles. The molecule has 2 fully saturated rings. The Morgan fingerprint density at radius 1 is 0.941 bits per heavy atom. The predicted molar refractivity (Wildman–Crippen MR) is 121 cm³/mol. The molecule has 0 aromatic heterocycles. The van der Waals surface area contributed by atoms with Gasteiger partial charge in [0.25, 0.3) is 12.1 Å². The van der Waals surface area contributed by atoms with Crippen LogP contribution >= 0.6 is 0 Å². The Hall–Kier alpha value is -3.95. The normalized spacial score (nSPS) is 21.9. The van der Waals surface area contributed by atoms with E-state index in [4.69, 9.17) is 16.2 Å². The summed E-state index contributed by atoms with van der Waals surface area (Å²) < 4.78 is 18.7. The number of piperazine rings is 1. The van der Waals surface area contributed by atoms with Gasteiger partial charge in [0.15, 0.2) is 5.96 Å². The van der Waals surface area contributed by atoms with Gasteiger partial charge < -0.3 is 21.1 Å². The second kappa shape index (κ2) is 9.90. The van der Waals surface area contributed by atoms with E-state index in [0.717, 1.165) is 5.56 Å². The zero-order chi connectivity index (χ0) is 24.2. The number of hydrogen-bond donors (Lipinski definition) is 2. The maximum Gasteiger partial charge on any atom is 0.331 e. The molecule has 2 aliphatic heterocycles. The molecule has 0 bridgehead atoms. The lowest BCUT2D eigenvalue weighted by atomic mass is 9.98. The minimum absolute atomic E-state index is 0.0598. The number of ether oxygens (including phenoxy) is 1. The fourth-order valence-corrected chi connectivity index (χ4v) is 4.32. The molecule has 10 heteroatoms. The summed E-state index contributed by atoms with van der Waals surface area (Å²) in [6.07, 6.45) is -0.350. The van der Waals surface area contributed by atoms with Crippen LogP contribution in [0.2, 0.25) is 0 Å². The number of fused-ring (bicyclic) bond motifs is 1. The molecule has 3 unspecified atom stereocenters. The number of rotatable bonds is 8. The fraction of sp³-hybridized carbons (Fsp3) is 0.333. The first-order valence-corrected chi connectivity index (χ1v) is 11.0. The Labute approximate surface area is 196 Å². The van der Waals surface area contributed by atoms with E-state index in [0.29, 0.717) is 12.0 Å². The third-order valence-electron chi connectivity index (χ3n) is 5.97. The van der Waals surface area contributed by atoms with Crippen molar-refractivity contribution in [3.05, 3.63) is 71.5 Å². The van der Waals surface area contributed by atoms with Crippen LogP contribution in [-0.2, 0) is 32.1 Å². The van der Waals surface area contributed by atoms with Crippen molar-refractivity contribution in [3.8, 4) is 0 Å². The summed E-state index contributed by atoms with van der Waals surface area (Å²) in [5.74, 6) is -1.93. The summed E-state index contributed by atoms with van der Waals surface area (Å²) in [4.78, 5) is 46.3. The number of hydrogen-bond acceptors (Lipinski definition) is 5. The van der Waals surface area contributed by atoms with Gasteiger partial charge >= 0.3 is 5.97 Å². The number of nitrogens with two attached hydrogens (primary N) is 2. The molecule has 9 nitrogen and oxygen atoms in total. The van der Waals surface area contributed by atoms with E-state index < -0.39 is 36.0 Å². The Balaban J connectivity index is 1.61. The number of halogens is 1. The number of guanidine groups is 1. The lowest BCUT2D eigenvalue weighted by Gasteiger charge is -2.42. The Morgan fingerprint density at radius 2 is 1.65 bits per heavy atom. The number of aliphatic imine (C=N–C) groups is 1. The maximum absolute atomic E-state index is 13.7. The second-order valence-corrected chi connectivity index (χ2v) is 8.30. The number of nitrogens with zero attached hydrogens (tertiary/aromatic N) is 3. The van der Waals surface area contributed by atoms with Crippen LogP contribution in [-0.4, -0.2) is 58.4 Å². The molecule has 2 heterocycles. The van der Waals surface area contributed by atoms with E-state index in [2.05, 4.69) is 4.99 Å². The first-order chi connectivity index (χ1) is 16.3. The van der Waals surface area contributed by atoms with Crippen LogP contribution in [0, 0.1) is 5.82 Å². The van der Waals surface area contributed by atoms with Crippen LogP contribution in [0.25, 0.3) is 0 Å². The van der Waals surface area contributed by atoms with Crippen molar-refractivity contribution in [2.24, 2.45) is 16.5 Å². The molecule has 0 spiro atoms. The fourth-order valence-electron chi connectivity index (χ4n) is 4.32. The summed E-state index contributed by atoms with van der Waals surface area (Å²) in [6, 6.07) is 13.3. The Morgan fingerprint density at radius 3 is 2.32 bits per heavy atom. The maximum atomic E-state index is 13.7. The molecule has 2 aliphatic rings. The number of amides is 2. The highest BCUT2D eigenvalue weighted by Crippen LogP contribution is 2.32. The van der Waals surface area contributed by atoms with Gasteiger partial charge in [0.2, 0.25) is 5.91 Å². The van der Waals surface area contributed by atoms with E-state index in [9.17, 15) is 18.8 Å². The molecule has 2 amide bonds. The van der Waals surface area contributed by atoms with E-state index in [1.54, 1.807) is 12.1 Å². The standard InChI is InChI=1S/C24H26FN5O4/c25-17-10-8-16(9-11-17)14-29-19(13-15-5-2-1-3-6-15)20(31)30-18(7-4-12-28-24(26)27)23(33)34-22(30)21(29)32/h1-3,5-6,8-11,18-19,22H,4,7,12-14H2,(H4,26,27,28). The van der Waals surface area contributed by atoms with Gasteiger partial charge in [-0.3, -0.25) is 19.5 Å². The van der Waals surface area contributed by atoms with Crippen LogP contribution in [0.1, 0.15) is 24.0 Å². The van der Waals surface area contributed by atoms with E-state index >= 15 is 0 Å². The molecule has 0 radical (unpaired) electrons. The SMILES string of the molecule is NC(N)=NCCCC1C(=O)OC2C(=O)N(Cc3ccc(F)cc3)C(Cc3ccccc3)C(=O)N12. The molecule has 4 N–H and O–H groups in total. The van der Waals surface area contributed by atoms with Crippen molar-refractivity contribution >= 4 is 23.7 Å². The van der Waals surface area contributed by atoms with Crippen molar-refractivity contribution in [2.75, 3.05) is 6.54 Å². The highest BCUT2D eigenvalue weighted by molar-refractivity contribution is 6.01. The van der Waals surface area contributed by atoms with Gasteiger partial charge in [0.1, 0.15) is 17.9 Å². The molecule has 3 atom stereocenters. The molecule has 34 heavy (non-hydrogen) atoms. The number of carbonyl (C=O) groups is 3. The van der Waals surface area contributed by atoms with Crippen LogP contribution in [0.4, 0.5) is 4.39 Å². The minimum Gasteiger partial charge on any atom is -0.430 e. The summed E-state index contributed by atoms with van der Waals surface area (Å²) in [6.45, 7) is 0.371. The second-order valence-electron chi connectivity index (χ2n) is 8.30. The zero-order valence-corrected chi connectivity index (χ0v) is 18.5. The summed E-state index contributed by atoms with van der Waals surface area (Å²) in [5, 5.41) is 0. The van der Waals surface area contributed by atoms with Gasteiger partial charge in [-0.1, -0.05) is 42.5 Å². The van der Waals surface area contributed by atoms with Crippen LogP contribution < -0.4 is 11.5 Å². The number of carbonyl (C=O) groups excluding carboxylic acids is 3. The Kier molecular flexibility index (Phi) is 6.76. The quantitative estimate of drug-likeness (QED) is 0.257. The molecule has 2 aromatic rings. The molecule has 4 rings (SSSR count). The van der Waals surface area contributed by atoms with Gasteiger partial charge in [-0.15, -0.1) is 0 Å². The van der Waals surface area contributed by atoms with Crippen molar-refractivity contribution < 1.29 is 23.5 Å². The summed E-state index contributed by atoms with van der Waals surface area (Å²) in [7, 11) is 0. The van der Waals surface area contributed by atoms with Crippen molar-refractivity contribution in [3.63, 3.8) is 0 Å². The van der Waals surface area contributed by atoms with Crippen LogP contribution in [0.5, 0.6) is 0 Å². The lowest BCUT2D eigenvalue weighted by molar-refractivity contribution is -0.174. The molecule has 178 valence electrons. The third kappa shape index (κ3) is 4.85. The van der Waals surface area contributed by atoms with Crippen molar-refractivity contribution in [1.29, 1.82) is 0 Å².